The van der Waals surface area contributed by atoms with Crippen LogP contribution in [-0.4, -0.2) is 36.1 Å². The average molecular weight is 293 g/mol. The van der Waals surface area contributed by atoms with Gasteiger partial charge in [-0.2, -0.15) is 0 Å². The second kappa shape index (κ2) is 5.81. The second-order valence-corrected chi connectivity index (χ2v) is 5.70. The van der Waals surface area contributed by atoms with Gasteiger partial charge in [-0.15, -0.1) is 0 Å². The molecule has 0 N–H and O–H groups in total. The van der Waals surface area contributed by atoms with Crippen molar-refractivity contribution in [1.29, 1.82) is 0 Å². The average Bonchev–Trinajstić information content (AvgIpc) is 2.98. The van der Waals surface area contributed by atoms with E-state index in [1.807, 2.05) is 36.5 Å². The number of para-hydroxylation sites is 1. The van der Waals surface area contributed by atoms with E-state index in [2.05, 4.69) is 33.0 Å². The van der Waals surface area contributed by atoms with Gasteiger partial charge in [-0.3, -0.25) is 4.90 Å². The molecular weight excluding hydrogens is 274 g/mol. The summed E-state index contributed by atoms with van der Waals surface area (Å²) in [6.07, 6.45) is 1.86. The van der Waals surface area contributed by atoms with E-state index in [4.69, 9.17) is 4.42 Å². The molecule has 0 bridgehead atoms. The molecule has 1 aliphatic heterocycles. The maximum Gasteiger partial charge on any atom is 0.134 e. The van der Waals surface area contributed by atoms with Gasteiger partial charge in [0.15, 0.2) is 0 Å². The smallest absolute Gasteiger partial charge is 0.134 e. The summed E-state index contributed by atoms with van der Waals surface area (Å²) in [5, 5.41) is 1.18. The van der Waals surface area contributed by atoms with E-state index in [9.17, 15) is 0 Å². The predicted molar refractivity (Wildman–Crippen MR) is 87.9 cm³/mol. The summed E-state index contributed by atoms with van der Waals surface area (Å²) in [7, 11) is 0. The van der Waals surface area contributed by atoms with Crippen molar-refractivity contribution in [3.8, 4) is 0 Å². The van der Waals surface area contributed by atoms with Crippen molar-refractivity contribution in [2.75, 3.05) is 31.1 Å². The molecule has 3 aromatic rings. The number of fused-ring (bicyclic) bond motifs is 1. The number of rotatable bonds is 3. The van der Waals surface area contributed by atoms with Crippen molar-refractivity contribution in [3.63, 3.8) is 0 Å². The molecule has 4 rings (SSSR count). The zero-order valence-corrected chi connectivity index (χ0v) is 12.5. The lowest BCUT2D eigenvalue weighted by Crippen LogP contribution is -2.46. The summed E-state index contributed by atoms with van der Waals surface area (Å²) >= 11 is 0. The molecule has 3 heterocycles. The Labute approximate surface area is 130 Å². The number of nitrogens with zero attached hydrogens (tertiary/aromatic N) is 3. The number of benzene rings is 1. The Bertz CT molecular complexity index is 712. The number of pyridine rings is 1. The zero-order chi connectivity index (χ0) is 14.8. The standard InChI is InChI=1S/C18H19N3O/c1-2-6-17-15(5-1)13-16(22-17)14-20-9-11-21(12-10-20)18-7-3-4-8-19-18/h1-8,13H,9-12,14H2. The molecule has 0 atom stereocenters. The van der Waals surface area contributed by atoms with Gasteiger partial charge in [0.25, 0.3) is 0 Å². The Morgan fingerprint density at radius 1 is 0.955 bits per heavy atom. The van der Waals surface area contributed by atoms with Crippen LogP contribution in [0.1, 0.15) is 5.76 Å². The minimum atomic E-state index is 0.880. The molecule has 0 spiro atoms. The van der Waals surface area contributed by atoms with Gasteiger partial charge in [-0.05, 0) is 24.3 Å². The fourth-order valence-electron chi connectivity index (χ4n) is 3.01. The van der Waals surface area contributed by atoms with Crippen LogP contribution < -0.4 is 4.90 Å². The number of anilines is 1. The van der Waals surface area contributed by atoms with Gasteiger partial charge in [0.2, 0.25) is 0 Å². The third kappa shape index (κ3) is 2.70. The largest absolute Gasteiger partial charge is 0.460 e. The minimum absolute atomic E-state index is 0.880. The Kier molecular flexibility index (Phi) is 3.52. The molecule has 0 saturated carbocycles. The summed E-state index contributed by atoms with van der Waals surface area (Å²) in [5.74, 6) is 2.12. The van der Waals surface area contributed by atoms with Gasteiger partial charge in [-0.25, -0.2) is 4.98 Å². The van der Waals surface area contributed by atoms with E-state index in [1.54, 1.807) is 0 Å². The maximum absolute atomic E-state index is 5.91. The van der Waals surface area contributed by atoms with E-state index in [0.717, 1.165) is 49.9 Å². The molecular formula is C18H19N3O. The first-order valence-electron chi connectivity index (χ1n) is 7.74. The maximum atomic E-state index is 5.91. The van der Waals surface area contributed by atoms with Crippen molar-refractivity contribution in [1.82, 2.24) is 9.88 Å². The lowest BCUT2D eigenvalue weighted by molar-refractivity contribution is 0.232. The van der Waals surface area contributed by atoms with E-state index >= 15 is 0 Å². The molecule has 0 amide bonds. The normalized spacial score (nSPS) is 16.3. The van der Waals surface area contributed by atoms with Crippen molar-refractivity contribution in [2.24, 2.45) is 0 Å². The molecule has 1 aromatic carbocycles. The molecule has 0 aliphatic carbocycles. The van der Waals surface area contributed by atoms with Crippen molar-refractivity contribution < 1.29 is 4.42 Å². The van der Waals surface area contributed by atoms with Gasteiger partial charge in [-0.1, -0.05) is 24.3 Å². The Morgan fingerprint density at radius 2 is 1.77 bits per heavy atom. The fourth-order valence-corrected chi connectivity index (χ4v) is 3.01. The van der Waals surface area contributed by atoms with Gasteiger partial charge >= 0.3 is 0 Å². The van der Waals surface area contributed by atoms with Gasteiger partial charge < -0.3 is 9.32 Å². The van der Waals surface area contributed by atoms with Crippen LogP contribution in [0, 0.1) is 0 Å². The highest BCUT2D eigenvalue weighted by Crippen LogP contribution is 2.21. The highest BCUT2D eigenvalue weighted by molar-refractivity contribution is 5.77. The van der Waals surface area contributed by atoms with Crippen molar-refractivity contribution in [3.05, 3.63) is 60.5 Å². The first kappa shape index (κ1) is 13.3. The van der Waals surface area contributed by atoms with Gasteiger partial charge in [0, 0.05) is 37.8 Å². The lowest BCUT2D eigenvalue weighted by atomic mass is 10.2. The van der Waals surface area contributed by atoms with Gasteiger partial charge in [0.05, 0.1) is 6.54 Å². The minimum Gasteiger partial charge on any atom is -0.460 e. The monoisotopic (exact) mass is 293 g/mol. The van der Waals surface area contributed by atoms with Crippen molar-refractivity contribution >= 4 is 16.8 Å². The number of hydrogen-bond donors (Lipinski definition) is 0. The van der Waals surface area contributed by atoms with Crippen LogP contribution in [0.4, 0.5) is 5.82 Å². The molecule has 112 valence electrons. The third-order valence-electron chi connectivity index (χ3n) is 4.20. The van der Waals surface area contributed by atoms with Crippen LogP contribution in [0.2, 0.25) is 0 Å². The Balaban J connectivity index is 1.39. The summed E-state index contributed by atoms with van der Waals surface area (Å²) in [6.45, 7) is 4.97. The molecule has 1 aliphatic rings. The first-order chi connectivity index (χ1) is 10.9. The molecule has 1 saturated heterocycles. The summed E-state index contributed by atoms with van der Waals surface area (Å²) in [4.78, 5) is 9.21. The highest BCUT2D eigenvalue weighted by atomic mass is 16.3. The highest BCUT2D eigenvalue weighted by Gasteiger charge is 2.19. The van der Waals surface area contributed by atoms with Crippen LogP contribution >= 0.6 is 0 Å². The first-order valence-corrected chi connectivity index (χ1v) is 7.74. The molecule has 4 heteroatoms. The quantitative estimate of drug-likeness (QED) is 0.742. The van der Waals surface area contributed by atoms with Crippen LogP contribution in [0.25, 0.3) is 11.0 Å². The molecule has 1 fully saturated rings. The van der Waals surface area contributed by atoms with E-state index in [0.29, 0.717) is 0 Å². The molecule has 22 heavy (non-hydrogen) atoms. The van der Waals surface area contributed by atoms with E-state index in [-0.39, 0.29) is 0 Å². The van der Waals surface area contributed by atoms with Crippen LogP contribution in [-0.2, 0) is 6.54 Å². The molecule has 0 unspecified atom stereocenters. The zero-order valence-electron chi connectivity index (χ0n) is 12.5. The predicted octanol–water partition coefficient (Wildman–Crippen LogP) is 3.15. The topological polar surface area (TPSA) is 32.5 Å². The Hall–Kier alpha value is -2.33. The molecule has 2 aromatic heterocycles. The summed E-state index contributed by atoms with van der Waals surface area (Å²) in [5.41, 5.74) is 0.977. The SMILES string of the molecule is c1ccc(N2CCN(Cc3cc4ccccc4o3)CC2)nc1. The van der Waals surface area contributed by atoms with E-state index in [1.165, 1.54) is 5.39 Å². The number of piperazine rings is 1. The third-order valence-corrected chi connectivity index (χ3v) is 4.20. The summed E-state index contributed by atoms with van der Waals surface area (Å²) < 4.78 is 5.91. The second-order valence-electron chi connectivity index (χ2n) is 5.70. The van der Waals surface area contributed by atoms with Crippen LogP contribution in [0.3, 0.4) is 0 Å². The van der Waals surface area contributed by atoms with Crippen molar-refractivity contribution in [2.45, 2.75) is 6.54 Å². The van der Waals surface area contributed by atoms with Crippen LogP contribution in [0.5, 0.6) is 0 Å². The van der Waals surface area contributed by atoms with Gasteiger partial charge in [0.1, 0.15) is 17.2 Å². The summed E-state index contributed by atoms with van der Waals surface area (Å²) in [6, 6.07) is 16.4. The number of hydrogen-bond acceptors (Lipinski definition) is 4. The Morgan fingerprint density at radius 3 is 2.55 bits per heavy atom. The fraction of sp³-hybridized carbons (Fsp3) is 0.278. The number of aromatic nitrogens is 1. The molecule has 0 radical (unpaired) electrons. The number of furan rings is 1. The lowest BCUT2D eigenvalue weighted by Gasteiger charge is -2.34. The van der Waals surface area contributed by atoms with E-state index < -0.39 is 0 Å². The van der Waals surface area contributed by atoms with Crippen LogP contribution in [0.15, 0.2) is 59.1 Å². The molecule has 4 nitrogen and oxygen atoms in total.